The van der Waals surface area contributed by atoms with Gasteiger partial charge in [0.25, 0.3) is 5.91 Å². The van der Waals surface area contributed by atoms with Gasteiger partial charge in [0.2, 0.25) is 5.60 Å². The molecule has 1 aromatic carbocycles. The minimum atomic E-state index is -1.67. The average molecular weight is 416 g/mol. The Morgan fingerprint density at radius 1 is 1.10 bits per heavy atom. The number of fused-ring (bicyclic) bond motifs is 1. The highest BCUT2D eigenvalue weighted by Crippen LogP contribution is 2.35. The Labute approximate surface area is 177 Å². The number of rotatable bonds is 3. The van der Waals surface area contributed by atoms with Gasteiger partial charge in [0.1, 0.15) is 17.0 Å². The number of aliphatic hydroxyl groups is 1. The molecule has 0 radical (unpaired) electrons. The molecule has 31 heavy (non-hydrogen) atoms. The third-order valence-electron chi connectivity index (χ3n) is 5.56. The molecule has 1 amide bonds. The van der Waals surface area contributed by atoms with Crippen molar-refractivity contribution in [3.8, 4) is 22.5 Å². The molecule has 1 aliphatic heterocycles. The molecule has 156 valence electrons. The summed E-state index contributed by atoms with van der Waals surface area (Å²) in [5, 5.41) is 14.9. The van der Waals surface area contributed by atoms with E-state index in [0.717, 1.165) is 11.1 Å². The summed E-state index contributed by atoms with van der Waals surface area (Å²) in [6.07, 6.45) is 0.265. The van der Waals surface area contributed by atoms with Crippen LogP contribution in [-0.4, -0.2) is 49.6 Å². The minimum absolute atomic E-state index is 0.145. The van der Waals surface area contributed by atoms with Gasteiger partial charge < -0.3 is 20.3 Å². The summed E-state index contributed by atoms with van der Waals surface area (Å²) in [6.45, 7) is 2.24. The fourth-order valence-corrected chi connectivity index (χ4v) is 3.84. The van der Waals surface area contributed by atoms with Crippen LogP contribution in [-0.2, 0) is 10.4 Å². The number of hydrogen-bond acceptors (Lipinski definition) is 8. The zero-order chi connectivity index (χ0) is 21.8. The SMILES string of the molecule is Cc1nc(N)c2nc(-c3cccc(-c4cc([C@]5(O)CCN(C)C5=O)on4)c3)ccc2n1. The molecule has 0 unspecified atom stereocenters. The van der Waals surface area contributed by atoms with Crippen molar-refractivity contribution in [3.05, 3.63) is 54.0 Å². The lowest BCUT2D eigenvalue weighted by Crippen LogP contribution is -2.35. The monoisotopic (exact) mass is 416 g/mol. The summed E-state index contributed by atoms with van der Waals surface area (Å²) in [6, 6.07) is 12.9. The van der Waals surface area contributed by atoms with Gasteiger partial charge >= 0.3 is 0 Å². The average Bonchev–Trinajstić information content (AvgIpc) is 3.36. The maximum Gasteiger partial charge on any atom is 0.262 e. The van der Waals surface area contributed by atoms with Crippen LogP contribution in [0.25, 0.3) is 33.5 Å². The standard InChI is InChI=1S/C22H20N6O3/c1-12-24-16-7-6-15(26-19(16)20(23)25-12)13-4-3-5-14(10-13)17-11-18(31-27-17)22(30)8-9-28(2)21(22)29/h3-7,10-11,30H,8-9H2,1-2H3,(H2,23,24,25)/t22-/m1/s1. The van der Waals surface area contributed by atoms with E-state index in [1.165, 1.54) is 4.90 Å². The van der Waals surface area contributed by atoms with Crippen molar-refractivity contribution in [1.29, 1.82) is 0 Å². The highest BCUT2D eigenvalue weighted by Gasteiger charge is 2.48. The number of nitrogen functional groups attached to an aromatic ring is 1. The van der Waals surface area contributed by atoms with Crippen molar-refractivity contribution in [2.45, 2.75) is 18.9 Å². The van der Waals surface area contributed by atoms with Crippen LogP contribution in [0.5, 0.6) is 0 Å². The van der Waals surface area contributed by atoms with Crippen LogP contribution >= 0.6 is 0 Å². The minimum Gasteiger partial charge on any atom is -0.382 e. The van der Waals surface area contributed by atoms with Gasteiger partial charge in [-0.05, 0) is 25.1 Å². The van der Waals surface area contributed by atoms with Crippen LogP contribution < -0.4 is 5.73 Å². The van der Waals surface area contributed by atoms with Crippen LogP contribution in [0.4, 0.5) is 5.82 Å². The number of likely N-dealkylation sites (N-methyl/N-ethyl adjacent to an activating group) is 1. The highest BCUT2D eigenvalue weighted by atomic mass is 16.5. The second-order valence-corrected chi connectivity index (χ2v) is 7.71. The van der Waals surface area contributed by atoms with Crippen LogP contribution in [0.15, 0.2) is 47.0 Å². The van der Waals surface area contributed by atoms with Crippen molar-refractivity contribution in [1.82, 2.24) is 25.0 Å². The van der Waals surface area contributed by atoms with E-state index in [0.29, 0.717) is 40.6 Å². The Bertz CT molecular complexity index is 1330. The largest absolute Gasteiger partial charge is 0.382 e. The Balaban J connectivity index is 1.51. The summed E-state index contributed by atoms with van der Waals surface area (Å²) in [5.41, 5.74) is 8.43. The maximum absolute atomic E-state index is 12.3. The summed E-state index contributed by atoms with van der Waals surface area (Å²) in [5.74, 6) is 0.684. The topological polar surface area (TPSA) is 131 Å². The molecule has 1 atom stereocenters. The van der Waals surface area contributed by atoms with Gasteiger partial charge in [0.05, 0.1) is 11.2 Å². The lowest BCUT2D eigenvalue weighted by Gasteiger charge is -2.16. The van der Waals surface area contributed by atoms with Crippen LogP contribution in [0.1, 0.15) is 18.0 Å². The van der Waals surface area contributed by atoms with E-state index in [-0.39, 0.29) is 18.1 Å². The summed E-state index contributed by atoms with van der Waals surface area (Å²) in [7, 11) is 1.65. The quantitative estimate of drug-likeness (QED) is 0.520. The van der Waals surface area contributed by atoms with E-state index >= 15 is 0 Å². The number of carbonyl (C=O) groups is 1. The molecule has 4 heterocycles. The fourth-order valence-electron chi connectivity index (χ4n) is 3.84. The lowest BCUT2D eigenvalue weighted by atomic mass is 9.97. The molecule has 0 saturated carbocycles. The Morgan fingerprint density at radius 3 is 2.61 bits per heavy atom. The molecule has 3 aromatic heterocycles. The number of aryl methyl sites for hydroxylation is 1. The van der Waals surface area contributed by atoms with E-state index in [9.17, 15) is 9.90 Å². The molecule has 9 heteroatoms. The van der Waals surface area contributed by atoms with Crippen molar-refractivity contribution < 1.29 is 14.4 Å². The zero-order valence-corrected chi connectivity index (χ0v) is 17.0. The number of nitrogens with two attached hydrogens (primary N) is 1. The van der Waals surface area contributed by atoms with Gasteiger partial charge in [-0.15, -0.1) is 0 Å². The van der Waals surface area contributed by atoms with E-state index in [2.05, 4.69) is 20.1 Å². The molecule has 1 aliphatic rings. The second kappa shape index (κ2) is 6.85. The smallest absolute Gasteiger partial charge is 0.262 e. The summed E-state index contributed by atoms with van der Waals surface area (Å²) < 4.78 is 5.36. The van der Waals surface area contributed by atoms with Crippen molar-refractivity contribution >= 4 is 22.8 Å². The molecule has 9 nitrogen and oxygen atoms in total. The number of anilines is 1. The molecular formula is C22H20N6O3. The highest BCUT2D eigenvalue weighted by molar-refractivity contribution is 5.88. The van der Waals surface area contributed by atoms with Gasteiger partial charge in [-0.1, -0.05) is 23.4 Å². The third-order valence-corrected chi connectivity index (χ3v) is 5.56. The fraction of sp³-hybridized carbons (Fsp3) is 0.227. The Kier molecular flexibility index (Phi) is 4.23. The third kappa shape index (κ3) is 3.10. The number of carbonyl (C=O) groups excluding carboxylic acids is 1. The van der Waals surface area contributed by atoms with Gasteiger partial charge in [-0.3, -0.25) is 4.79 Å². The summed E-state index contributed by atoms with van der Waals surface area (Å²) >= 11 is 0. The normalized spacial score (nSPS) is 18.8. The van der Waals surface area contributed by atoms with Gasteiger partial charge in [0, 0.05) is 37.2 Å². The predicted molar refractivity (Wildman–Crippen MR) is 114 cm³/mol. The van der Waals surface area contributed by atoms with Crippen LogP contribution in [0.2, 0.25) is 0 Å². The van der Waals surface area contributed by atoms with E-state index in [1.807, 2.05) is 36.4 Å². The number of hydrogen-bond donors (Lipinski definition) is 2. The molecule has 4 aromatic rings. The van der Waals surface area contributed by atoms with Crippen molar-refractivity contribution in [2.24, 2.45) is 0 Å². The second-order valence-electron chi connectivity index (χ2n) is 7.71. The first-order valence-electron chi connectivity index (χ1n) is 9.82. The van der Waals surface area contributed by atoms with Crippen molar-refractivity contribution in [2.75, 3.05) is 19.3 Å². The number of benzene rings is 1. The maximum atomic E-state index is 12.3. The first-order valence-corrected chi connectivity index (χ1v) is 9.82. The molecule has 0 bridgehead atoms. The molecule has 0 spiro atoms. The number of aromatic nitrogens is 4. The first-order chi connectivity index (χ1) is 14.8. The van der Waals surface area contributed by atoms with Gasteiger partial charge in [0.15, 0.2) is 11.6 Å². The molecular weight excluding hydrogens is 396 g/mol. The van der Waals surface area contributed by atoms with E-state index < -0.39 is 5.60 Å². The zero-order valence-electron chi connectivity index (χ0n) is 17.0. The van der Waals surface area contributed by atoms with Crippen LogP contribution in [0, 0.1) is 6.92 Å². The molecule has 3 N–H and O–H groups in total. The predicted octanol–water partition coefficient (Wildman–Crippen LogP) is 2.29. The van der Waals surface area contributed by atoms with Crippen molar-refractivity contribution in [3.63, 3.8) is 0 Å². The molecule has 1 fully saturated rings. The number of nitrogens with zero attached hydrogens (tertiary/aromatic N) is 5. The summed E-state index contributed by atoms with van der Waals surface area (Å²) in [4.78, 5) is 27.0. The number of amides is 1. The first kappa shape index (κ1) is 19.1. The van der Waals surface area contributed by atoms with E-state index in [4.69, 9.17) is 10.3 Å². The number of likely N-dealkylation sites (tertiary alicyclic amines) is 1. The molecule has 0 aliphatic carbocycles. The van der Waals surface area contributed by atoms with Gasteiger partial charge in [-0.2, -0.15) is 0 Å². The Hall–Kier alpha value is -3.85. The molecule has 1 saturated heterocycles. The van der Waals surface area contributed by atoms with E-state index in [1.54, 1.807) is 20.0 Å². The lowest BCUT2D eigenvalue weighted by molar-refractivity contribution is -0.144. The van der Waals surface area contributed by atoms with Crippen LogP contribution in [0.3, 0.4) is 0 Å². The van der Waals surface area contributed by atoms with Gasteiger partial charge in [-0.25, -0.2) is 15.0 Å². The molecule has 5 rings (SSSR count). The Morgan fingerprint density at radius 2 is 1.87 bits per heavy atom. The number of pyridine rings is 1.